The molecule has 0 fully saturated rings. The van der Waals surface area contributed by atoms with E-state index < -0.39 is 11.8 Å². The Balaban J connectivity index is 1.67. The van der Waals surface area contributed by atoms with E-state index in [1.165, 1.54) is 0 Å². The van der Waals surface area contributed by atoms with E-state index >= 15 is 0 Å². The lowest BCUT2D eigenvalue weighted by Crippen LogP contribution is -2.40. The van der Waals surface area contributed by atoms with Crippen molar-refractivity contribution in [3.8, 4) is 0 Å². The summed E-state index contributed by atoms with van der Waals surface area (Å²) in [5.41, 5.74) is 2.13. The van der Waals surface area contributed by atoms with Crippen LogP contribution in [0.4, 0.5) is 11.4 Å². The zero-order chi connectivity index (χ0) is 20.1. The van der Waals surface area contributed by atoms with Crippen molar-refractivity contribution in [1.29, 1.82) is 0 Å². The molecule has 144 valence electrons. The van der Waals surface area contributed by atoms with Crippen LogP contribution in [-0.2, 0) is 14.4 Å². The molecule has 28 heavy (non-hydrogen) atoms. The second-order valence-corrected chi connectivity index (χ2v) is 6.69. The van der Waals surface area contributed by atoms with Crippen LogP contribution >= 0.6 is 11.6 Å². The summed E-state index contributed by atoms with van der Waals surface area (Å²) < 4.78 is 0. The highest BCUT2D eigenvalue weighted by molar-refractivity contribution is 6.43. The molecule has 0 aliphatic carbocycles. The van der Waals surface area contributed by atoms with E-state index in [1.54, 1.807) is 49.4 Å². The van der Waals surface area contributed by atoms with Gasteiger partial charge in [-0.05, 0) is 36.8 Å². The minimum Gasteiger partial charge on any atom is -0.324 e. The van der Waals surface area contributed by atoms with Crippen molar-refractivity contribution in [2.24, 2.45) is 5.10 Å². The molecule has 0 unspecified atom stereocenters. The van der Waals surface area contributed by atoms with Crippen LogP contribution in [0.3, 0.4) is 0 Å². The van der Waals surface area contributed by atoms with E-state index in [0.717, 1.165) is 10.6 Å². The number of hydrogen-bond donors (Lipinski definition) is 2. The molecule has 3 rings (SSSR count). The van der Waals surface area contributed by atoms with Crippen molar-refractivity contribution < 1.29 is 14.4 Å². The Labute approximate surface area is 167 Å². The van der Waals surface area contributed by atoms with Gasteiger partial charge < -0.3 is 10.6 Å². The molecule has 1 aliphatic heterocycles. The first-order chi connectivity index (χ1) is 13.4. The first-order valence-corrected chi connectivity index (χ1v) is 9.11. The molecule has 0 spiro atoms. The van der Waals surface area contributed by atoms with E-state index in [1.807, 2.05) is 6.07 Å². The summed E-state index contributed by atoms with van der Waals surface area (Å²) in [6.45, 7) is 1.50. The number of benzene rings is 2. The molecule has 1 heterocycles. The minimum absolute atomic E-state index is 0.116. The summed E-state index contributed by atoms with van der Waals surface area (Å²) in [5, 5.41) is 11.1. The number of para-hydroxylation sites is 1. The van der Waals surface area contributed by atoms with Crippen molar-refractivity contribution in [2.45, 2.75) is 19.8 Å². The SMILES string of the molecule is Cc1c(Cl)cccc1NC(=O)CN1N=C(C(=O)Nc2ccccc2)CCC1=O. The summed E-state index contributed by atoms with van der Waals surface area (Å²) >= 11 is 6.05. The normalized spacial score (nSPS) is 13.7. The molecule has 1 aliphatic rings. The molecule has 3 amide bonds. The predicted octanol–water partition coefficient (Wildman–Crippen LogP) is 3.20. The zero-order valence-electron chi connectivity index (χ0n) is 15.2. The van der Waals surface area contributed by atoms with Crippen molar-refractivity contribution in [3.63, 3.8) is 0 Å². The van der Waals surface area contributed by atoms with Crippen molar-refractivity contribution >= 4 is 46.4 Å². The summed E-state index contributed by atoms with van der Waals surface area (Å²) in [4.78, 5) is 36.8. The summed E-state index contributed by atoms with van der Waals surface area (Å²) in [6.07, 6.45) is 0.341. The second-order valence-electron chi connectivity index (χ2n) is 6.28. The van der Waals surface area contributed by atoms with E-state index in [9.17, 15) is 14.4 Å². The lowest BCUT2D eigenvalue weighted by atomic mass is 10.1. The van der Waals surface area contributed by atoms with Crippen LogP contribution in [0.5, 0.6) is 0 Å². The Morgan fingerprint density at radius 3 is 2.57 bits per heavy atom. The molecular formula is C20H19ClN4O3. The standard InChI is InChI=1S/C20H19ClN4O3/c1-13-15(21)8-5-9-16(13)23-18(26)12-25-19(27)11-10-17(24-25)20(28)22-14-6-3-2-4-7-14/h2-9H,10-12H2,1H3,(H,22,28)(H,23,26). The Bertz CT molecular complexity index is 944. The van der Waals surface area contributed by atoms with Crippen LogP contribution in [0.25, 0.3) is 0 Å². The highest BCUT2D eigenvalue weighted by Crippen LogP contribution is 2.23. The molecule has 0 aromatic heterocycles. The smallest absolute Gasteiger partial charge is 0.271 e. The Morgan fingerprint density at radius 2 is 1.82 bits per heavy atom. The molecule has 0 atom stereocenters. The third-order valence-corrected chi connectivity index (χ3v) is 4.64. The number of nitrogens with zero attached hydrogens (tertiary/aromatic N) is 2. The first kappa shape index (κ1) is 19.6. The van der Waals surface area contributed by atoms with Crippen LogP contribution in [-0.4, -0.2) is 35.0 Å². The molecule has 2 aromatic carbocycles. The van der Waals surface area contributed by atoms with Gasteiger partial charge in [0.1, 0.15) is 12.3 Å². The largest absolute Gasteiger partial charge is 0.324 e. The van der Waals surface area contributed by atoms with Gasteiger partial charge >= 0.3 is 0 Å². The Kier molecular flexibility index (Phi) is 6.06. The van der Waals surface area contributed by atoms with E-state index in [-0.39, 0.29) is 31.0 Å². The molecule has 0 bridgehead atoms. The average molecular weight is 399 g/mol. The molecule has 2 aromatic rings. The van der Waals surface area contributed by atoms with Crippen LogP contribution in [0.2, 0.25) is 5.02 Å². The molecule has 0 saturated carbocycles. The van der Waals surface area contributed by atoms with E-state index in [0.29, 0.717) is 16.4 Å². The van der Waals surface area contributed by atoms with Crippen LogP contribution in [0.15, 0.2) is 53.6 Å². The number of hydrazone groups is 1. The van der Waals surface area contributed by atoms with Crippen LogP contribution in [0, 0.1) is 6.92 Å². The fourth-order valence-corrected chi connectivity index (χ4v) is 2.86. The molecular weight excluding hydrogens is 380 g/mol. The molecule has 7 nitrogen and oxygen atoms in total. The van der Waals surface area contributed by atoms with Crippen molar-refractivity contribution in [1.82, 2.24) is 5.01 Å². The van der Waals surface area contributed by atoms with E-state index in [2.05, 4.69) is 15.7 Å². The van der Waals surface area contributed by atoms with Gasteiger partial charge in [-0.2, -0.15) is 5.10 Å². The number of anilines is 2. The van der Waals surface area contributed by atoms with Crippen LogP contribution in [0.1, 0.15) is 18.4 Å². The number of rotatable bonds is 5. The maximum atomic E-state index is 12.4. The topological polar surface area (TPSA) is 90.9 Å². The number of halogens is 1. The van der Waals surface area contributed by atoms with E-state index in [4.69, 9.17) is 11.6 Å². The Hall–Kier alpha value is -3.19. The lowest BCUT2D eigenvalue weighted by molar-refractivity contribution is -0.135. The third kappa shape index (κ3) is 4.75. The van der Waals surface area contributed by atoms with Gasteiger partial charge in [0.25, 0.3) is 5.91 Å². The lowest BCUT2D eigenvalue weighted by Gasteiger charge is -2.23. The monoisotopic (exact) mass is 398 g/mol. The fraction of sp³-hybridized carbons (Fsp3) is 0.200. The third-order valence-electron chi connectivity index (χ3n) is 4.23. The maximum Gasteiger partial charge on any atom is 0.271 e. The number of hydrogen-bond acceptors (Lipinski definition) is 4. The summed E-state index contributed by atoms with van der Waals surface area (Å²) in [6, 6.07) is 14.1. The van der Waals surface area contributed by atoms with Gasteiger partial charge in [0, 0.05) is 29.2 Å². The van der Waals surface area contributed by atoms with Gasteiger partial charge in [-0.15, -0.1) is 0 Å². The zero-order valence-corrected chi connectivity index (χ0v) is 16.0. The molecule has 8 heteroatoms. The quantitative estimate of drug-likeness (QED) is 0.810. The van der Waals surface area contributed by atoms with Crippen LogP contribution < -0.4 is 10.6 Å². The van der Waals surface area contributed by atoms with Gasteiger partial charge in [-0.1, -0.05) is 35.9 Å². The van der Waals surface area contributed by atoms with Crippen molar-refractivity contribution in [3.05, 3.63) is 59.1 Å². The summed E-state index contributed by atoms with van der Waals surface area (Å²) in [5.74, 6) is -1.13. The average Bonchev–Trinajstić information content (AvgIpc) is 2.68. The minimum atomic E-state index is -0.424. The number of carbonyl (C=O) groups is 3. The number of amides is 3. The number of nitrogens with one attached hydrogen (secondary N) is 2. The number of carbonyl (C=O) groups excluding carboxylic acids is 3. The second kappa shape index (κ2) is 8.67. The van der Waals surface area contributed by atoms with Gasteiger partial charge in [-0.25, -0.2) is 5.01 Å². The highest BCUT2D eigenvalue weighted by atomic mass is 35.5. The Morgan fingerprint density at radius 1 is 1.07 bits per heavy atom. The molecule has 2 N–H and O–H groups in total. The predicted molar refractivity (Wildman–Crippen MR) is 108 cm³/mol. The van der Waals surface area contributed by atoms with Gasteiger partial charge in [0.15, 0.2) is 0 Å². The van der Waals surface area contributed by atoms with Gasteiger partial charge in [0.05, 0.1) is 0 Å². The first-order valence-electron chi connectivity index (χ1n) is 8.73. The fourth-order valence-electron chi connectivity index (χ4n) is 2.68. The van der Waals surface area contributed by atoms with Gasteiger partial charge in [-0.3, -0.25) is 14.4 Å². The van der Waals surface area contributed by atoms with Gasteiger partial charge in [0.2, 0.25) is 11.8 Å². The maximum absolute atomic E-state index is 12.4. The highest BCUT2D eigenvalue weighted by Gasteiger charge is 2.26. The molecule has 0 saturated heterocycles. The summed E-state index contributed by atoms with van der Waals surface area (Å²) in [7, 11) is 0. The molecule has 0 radical (unpaired) electrons. The van der Waals surface area contributed by atoms with Crippen molar-refractivity contribution in [2.75, 3.05) is 17.2 Å².